The Labute approximate surface area is 116 Å². The first-order chi connectivity index (χ1) is 9.22. The third-order valence-corrected chi connectivity index (χ3v) is 3.45. The molecule has 0 saturated heterocycles. The van der Waals surface area contributed by atoms with Crippen molar-refractivity contribution >= 4 is 17.7 Å². The molecule has 19 heavy (non-hydrogen) atoms. The summed E-state index contributed by atoms with van der Waals surface area (Å²) in [7, 11) is 0. The molecule has 0 aromatic carbocycles. The van der Waals surface area contributed by atoms with E-state index in [1.165, 1.54) is 11.8 Å². The van der Waals surface area contributed by atoms with Crippen LogP contribution >= 0.6 is 11.8 Å². The van der Waals surface area contributed by atoms with Crippen LogP contribution in [0.25, 0.3) is 0 Å². The number of hydrogen-bond acceptors (Lipinski definition) is 4. The summed E-state index contributed by atoms with van der Waals surface area (Å²) in [4.78, 5) is 20.5. The molecule has 2 aromatic rings. The summed E-state index contributed by atoms with van der Waals surface area (Å²) in [6.07, 6.45) is 7.06. The Kier molecular flexibility index (Phi) is 4.52. The molecule has 0 aliphatic carbocycles. The van der Waals surface area contributed by atoms with Crippen LogP contribution < -0.4 is 5.32 Å². The monoisotopic (exact) mass is 273 g/mol. The fourth-order valence-electron chi connectivity index (χ4n) is 1.72. The average Bonchev–Trinajstić information content (AvgIpc) is 2.48. The van der Waals surface area contributed by atoms with Crippen LogP contribution in [-0.2, 0) is 0 Å². The molecule has 98 valence electrons. The molecular formula is C14H15N3OS. The number of carbonyl (C=O) groups is 1. The van der Waals surface area contributed by atoms with Gasteiger partial charge in [-0.1, -0.05) is 6.07 Å². The van der Waals surface area contributed by atoms with Crippen LogP contribution in [0.15, 0.2) is 47.9 Å². The quantitative estimate of drug-likeness (QED) is 0.870. The van der Waals surface area contributed by atoms with Crippen molar-refractivity contribution in [1.82, 2.24) is 15.3 Å². The van der Waals surface area contributed by atoms with Gasteiger partial charge in [0.05, 0.1) is 11.6 Å². The van der Waals surface area contributed by atoms with Crippen LogP contribution in [0.4, 0.5) is 0 Å². The smallest absolute Gasteiger partial charge is 0.254 e. The van der Waals surface area contributed by atoms with Crippen LogP contribution in [0.5, 0.6) is 0 Å². The molecule has 2 rings (SSSR count). The lowest BCUT2D eigenvalue weighted by atomic mass is 10.1. The number of rotatable bonds is 4. The SMILES string of the molecule is CSc1ncccc1C(=O)NC(C)c1cccnc1. The number of thioether (sulfide) groups is 1. The lowest BCUT2D eigenvalue weighted by Gasteiger charge is -2.14. The Bertz CT molecular complexity index is 560. The summed E-state index contributed by atoms with van der Waals surface area (Å²) in [6.45, 7) is 1.93. The number of aromatic nitrogens is 2. The molecule has 0 bridgehead atoms. The minimum absolute atomic E-state index is 0.0869. The molecule has 5 heteroatoms. The van der Waals surface area contributed by atoms with Crippen molar-refractivity contribution in [1.29, 1.82) is 0 Å². The second kappa shape index (κ2) is 6.33. The maximum atomic E-state index is 12.2. The minimum atomic E-state index is -0.117. The first kappa shape index (κ1) is 13.5. The van der Waals surface area contributed by atoms with E-state index in [4.69, 9.17) is 0 Å². The van der Waals surface area contributed by atoms with Gasteiger partial charge in [-0.15, -0.1) is 11.8 Å². The minimum Gasteiger partial charge on any atom is -0.345 e. The number of nitrogens with one attached hydrogen (secondary N) is 1. The van der Waals surface area contributed by atoms with E-state index in [1.54, 1.807) is 30.7 Å². The summed E-state index contributed by atoms with van der Waals surface area (Å²) in [6, 6.07) is 7.26. The van der Waals surface area contributed by atoms with Gasteiger partial charge in [0.25, 0.3) is 5.91 Å². The maximum Gasteiger partial charge on any atom is 0.254 e. The molecule has 1 atom stereocenters. The molecule has 0 saturated carbocycles. The molecule has 1 amide bonds. The Hall–Kier alpha value is -1.88. The van der Waals surface area contributed by atoms with Crippen molar-refractivity contribution in [2.24, 2.45) is 0 Å². The van der Waals surface area contributed by atoms with Crippen molar-refractivity contribution in [3.63, 3.8) is 0 Å². The number of pyridine rings is 2. The zero-order chi connectivity index (χ0) is 13.7. The molecule has 1 unspecified atom stereocenters. The van der Waals surface area contributed by atoms with Crippen LogP contribution in [0, 0.1) is 0 Å². The topological polar surface area (TPSA) is 54.9 Å². The Morgan fingerprint density at radius 3 is 2.79 bits per heavy atom. The van der Waals surface area contributed by atoms with Crippen LogP contribution in [0.1, 0.15) is 28.9 Å². The van der Waals surface area contributed by atoms with Crippen LogP contribution in [0.2, 0.25) is 0 Å². The number of carbonyl (C=O) groups excluding carboxylic acids is 1. The molecule has 2 heterocycles. The summed E-state index contributed by atoms with van der Waals surface area (Å²) < 4.78 is 0. The van der Waals surface area contributed by atoms with E-state index in [-0.39, 0.29) is 11.9 Å². The lowest BCUT2D eigenvalue weighted by Crippen LogP contribution is -2.27. The van der Waals surface area contributed by atoms with Crippen molar-refractivity contribution < 1.29 is 4.79 Å². The fourth-order valence-corrected chi connectivity index (χ4v) is 2.26. The third kappa shape index (κ3) is 3.32. The van der Waals surface area contributed by atoms with Gasteiger partial charge in [-0.2, -0.15) is 0 Å². The summed E-state index contributed by atoms with van der Waals surface area (Å²) >= 11 is 1.46. The first-order valence-corrected chi connectivity index (χ1v) is 7.14. The number of amides is 1. The number of nitrogens with zero attached hydrogens (tertiary/aromatic N) is 2. The van der Waals surface area contributed by atoms with Gasteiger partial charge in [-0.25, -0.2) is 4.98 Å². The second-order valence-corrected chi connectivity index (χ2v) is 4.84. The molecule has 0 fully saturated rings. The van der Waals surface area contributed by atoms with Crippen molar-refractivity contribution in [3.05, 3.63) is 54.0 Å². The largest absolute Gasteiger partial charge is 0.345 e. The number of hydrogen-bond donors (Lipinski definition) is 1. The summed E-state index contributed by atoms with van der Waals surface area (Å²) in [5.41, 5.74) is 1.58. The highest BCUT2D eigenvalue weighted by Crippen LogP contribution is 2.18. The van der Waals surface area contributed by atoms with E-state index in [0.29, 0.717) is 5.56 Å². The van der Waals surface area contributed by atoms with E-state index < -0.39 is 0 Å². The molecule has 2 aromatic heterocycles. The molecule has 0 spiro atoms. The highest BCUT2D eigenvalue weighted by Gasteiger charge is 2.14. The van der Waals surface area contributed by atoms with Crippen molar-refractivity contribution in [2.75, 3.05) is 6.26 Å². The van der Waals surface area contributed by atoms with Crippen molar-refractivity contribution in [3.8, 4) is 0 Å². The highest BCUT2D eigenvalue weighted by atomic mass is 32.2. The van der Waals surface area contributed by atoms with E-state index in [1.807, 2.05) is 25.3 Å². The predicted octanol–water partition coefficient (Wildman–Crippen LogP) is 2.69. The van der Waals surface area contributed by atoms with Crippen LogP contribution in [-0.4, -0.2) is 22.1 Å². The van der Waals surface area contributed by atoms with Gasteiger partial charge in [-0.05, 0) is 36.9 Å². The average molecular weight is 273 g/mol. The van der Waals surface area contributed by atoms with Gasteiger partial charge < -0.3 is 5.32 Å². The molecule has 0 aliphatic rings. The Morgan fingerprint density at radius 1 is 1.32 bits per heavy atom. The van der Waals surface area contributed by atoms with E-state index in [2.05, 4.69) is 15.3 Å². The molecule has 1 N–H and O–H groups in total. The highest BCUT2D eigenvalue weighted by molar-refractivity contribution is 7.98. The fraction of sp³-hybridized carbons (Fsp3) is 0.214. The summed E-state index contributed by atoms with van der Waals surface area (Å²) in [5.74, 6) is -0.117. The Balaban J connectivity index is 2.13. The standard InChI is InChI=1S/C14H15N3OS/c1-10(11-5-3-7-15-9-11)17-13(18)12-6-4-8-16-14(12)19-2/h3-10H,1-2H3,(H,17,18). The van der Waals surface area contributed by atoms with Crippen LogP contribution in [0.3, 0.4) is 0 Å². The zero-order valence-corrected chi connectivity index (χ0v) is 11.6. The van der Waals surface area contributed by atoms with Gasteiger partial charge in [0.1, 0.15) is 5.03 Å². The maximum absolute atomic E-state index is 12.2. The second-order valence-electron chi connectivity index (χ2n) is 4.04. The van der Waals surface area contributed by atoms with Gasteiger partial charge in [0.2, 0.25) is 0 Å². The molecule has 0 aliphatic heterocycles. The first-order valence-electron chi connectivity index (χ1n) is 5.92. The summed E-state index contributed by atoms with van der Waals surface area (Å²) in [5, 5.41) is 3.69. The van der Waals surface area contributed by atoms with Gasteiger partial charge in [0.15, 0.2) is 0 Å². The van der Waals surface area contributed by atoms with Gasteiger partial charge in [0, 0.05) is 18.6 Å². The lowest BCUT2D eigenvalue weighted by molar-refractivity contribution is 0.0936. The zero-order valence-electron chi connectivity index (χ0n) is 10.8. The molecular weight excluding hydrogens is 258 g/mol. The molecule has 4 nitrogen and oxygen atoms in total. The van der Waals surface area contributed by atoms with Gasteiger partial charge >= 0.3 is 0 Å². The van der Waals surface area contributed by atoms with Crippen molar-refractivity contribution in [2.45, 2.75) is 18.0 Å². The normalized spacial score (nSPS) is 11.9. The van der Waals surface area contributed by atoms with Gasteiger partial charge in [-0.3, -0.25) is 9.78 Å². The molecule has 0 radical (unpaired) electrons. The van der Waals surface area contributed by atoms with E-state index >= 15 is 0 Å². The predicted molar refractivity (Wildman–Crippen MR) is 76.1 cm³/mol. The third-order valence-electron chi connectivity index (χ3n) is 2.74. The Morgan fingerprint density at radius 2 is 2.11 bits per heavy atom. The van der Waals surface area contributed by atoms with E-state index in [9.17, 15) is 4.79 Å². The van der Waals surface area contributed by atoms with E-state index in [0.717, 1.165) is 10.6 Å².